The summed E-state index contributed by atoms with van der Waals surface area (Å²) in [6.07, 6.45) is 0. The smallest absolute Gasteiger partial charge is 0.255 e. The van der Waals surface area contributed by atoms with Crippen LogP contribution in [0.25, 0.3) is 22.6 Å². The SMILES string of the molecule is Cc1ccc(C(=O)Nc2cc(-c3nc4cc(C(C)C)ccc4o3)ccc2Cl)c(C)c1. The molecule has 0 fully saturated rings. The normalized spacial score (nSPS) is 11.3. The van der Waals surface area contributed by atoms with E-state index in [0.29, 0.717) is 28.1 Å². The number of carbonyl (C=O) groups excluding carboxylic acids is 1. The highest BCUT2D eigenvalue weighted by molar-refractivity contribution is 6.34. The fourth-order valence-corrected chi connectivity index (χ4v) is 3.60. The highest BCUT2D eigenvalue weighted by atomic mass is 35.5. The number of fused-ring (bicyclic) bond motifs is 1. The number of anilines is 1. The summed E-state index contributed by atoms with van der Waals surface area (Å²) in [6.45, 7) is 8.21. The molecule has 4 aromatic rings. The maximum Gasteiger partial charge on any atom is 0.255 e. The molecular formula is C25H23ClN2O2. The van der Waals surface area contributed by atoms with Gasteiger partial charge in [0.05, 0.1) is 10.7 Å². The van der Waals surface area contributed by atoms with E-state index >= 15 is 0 Å². The molecule has 0 bridgehead atoms. The van der Waals surface area contributed by atoms with Crippen molar-refractivity contribution in [1.82, 2.24) is 4.98 Å². The van der Waals surface area contributed by atoms with Gasteiger partial charge in [0.1, 0.15) is 5.52 Å². The standard InChI is InChI=1S/C25H23ClN2O2/c1-14(2)17-7-10-23-22(12-17)28-25(30-23)18-6-9-20(26)21(13-18)27-24(29)19-8-5-15(3)11-16(19)4/h5-14H,1-4H3,(H,27,29). The second-order valence-corrected chi connectivity index (χ2v) is 8.28. The van der Waals surface area contributed by atoms with Crippen molar-refractivity contribution in [2.24, 2.45) is 0 Å². The number of hydrogen-bond acceptors (Lipinski definition) is 3. The van der Waals surface area contributed by atoms with Gasteiger partial charge >= 0.3 is 0 Å². The quantitative estimate of drug-likeness (QED) is 0.383. The molecule has 4 rings (SSSR count). The lowest BCUT2D eigenvalue weighted by Crippen LogP contribution is -2.13. The zero-order valence-electron chi connectivity index (χ0n) is 17.4. The number of benzene rings is 3. The van der Waals surface area contributed by atoms with Gasteiger partial charge in [0.15, 0.2) is 5.58 Å². The molecule has 0 aliphatic carbocycles. The summed E-state index contributed by atoms with van der Waals surface area (Å²) in [7, 11) is 0. The molecule has 1 amide bonds. The van der Waals surface area contributed by atoms with Crippen molar-refractivity contribution in [2.75, 3.05) is 5.32 Å². The molecule has 152 valence electrons. The van der Waals surface area contributed by atoms with Gasteiger partial charge in [-0.25, -0.2) is 4.98 Å². The Morgan fingerprint density at radius 1 is 1.03 bits per heavy atom. The monoisotopic (exact) mass is 418 g/mol. The van der Waals surface area contributed by atoms with Crippen molar-refractivity contribution in [3.63, 3.8) is 0 Å². The van der Waals surface area contributed by atoms with Crippen LogP contribution in [0.1, 0.15) is 46.8 Å². The van der Waals surface area contributed by atoms with Gasteiger partial charge in [-0.1, -0.05) is 49.2 Å². The van der Waals surface area contributed by atoms with Crippen molar-refractivity contribution in [3.8, 4) is 11.5 Å². The summed E-state index contributed by atoms with van der Waals surface area (Å²) in [4.78, 5) is 17.4. The largest absolute Gasteiger partial charge is 0.436 e. The van der Waals surface area contributed by atoms with E-state index in [4.69, 9.17) is 16.0 Å². The fourth-order valence-electron chi connectivity index (χ4n) is 3.44. The van der Waals surface area contributed by atoms with E-state index in [-0.39, 0.29) is 5.91 Å². The molecule has 0 aliphatic heterocycles. The van der Waals surface area contributed by atoms with Crippen molar-refractivity contribution in [1.29, 1.82) is 0 Å². The van der Waals surface area contributed by atoms with Gasteiger partial charge in [-0.2, -0.15) is 0 Å². The number of amides is 1. The van der Waals surface area contributed by atoms with Crippen LogP contribution in [-0.2, 0) is 0 Å². The molecule has 4 nitrogen and oxygen atoms in total. The van der Waals surface area contributed by atoms with Crippen molar-refractivity contribution in [3.05, 3.63) is 81.9 Å². The van der Waals surface area contributed by atoms with E-state index in [1.54, 1.807) is 12.1 Å². The lowest BCUT2D eigenvalue weighted by atomic mass is 10.0. The molecule has 0 unspecified atom stereocenters. The minimum atomic E-state index is -0.203. The average molecular weight is 419 g/mol. The molecule has 0 spiro atoms. The maximum atomic E-state index is 12.8. The number of halogens is 1. The molecule has 30 heavy (non-hydrogen) atoms. The van der Waals surface area contributed by atoms with E-state index in [2.05, 4.69) is 30.2 Å². The molecule has 1 heterocycles. The minimum Gasteiger partial charge on any atom is -0.436 e. The number of oxazole rings is 1. The van der Waals surface area contributed by atoms with Gasteiger partial charge in [-0.15, -0.1) is 0 Å². The number of aromatic nitrogens is 1. The topological polar surface area (TPSA) is 55.1 Å². The van der Waals surface area contributed by atoms with Gasteiger partial charge in [0.25, 0.3) is 5.91 Å². The summed E-state index contributed by atoms with van der Waals surface area (Å²) in [5.41, 5.74) is 6.66. The van der Waals surface area contributed by atoms with Gasteiger partial charge < -0.3 is 9.73 Å². The third kappa shape index (κ3) is 3.96. The first kappa shape index (κ1) is 20.2. The van der Waals surface area contributed by atoms with Crippen LogP contribution >= 0.6 is 11.6 Å². The van der Waals surface area contributed by atoms with Crippen LogP contribution in [0.5, 0.6) is 0 Å². The first-order valence-corrected chi connectivity index (χ1v) is 10.3. The predicted octanol–water partition coefficient (Wildman–Crippen LogP) is 7.14. The van der Waals surface area contributed by atoms with E-state index in [0.717, 1.165) is 27.8 Å². The third-order valence-corrected chi connectivity index (χ3v) is 5.50. The summed E-state index contributed by atoms with van der Waals surface area (Å²) in [5, 5.41) is 3.37. The lowest BCUT2D eigenvalue weighted by molar-refractivity contribution is 0.102. The van der Waals surface area contributed by atoms with Crippen LogP contribution in [0.3, 0.4) is 0 Å². The molecule has 1 aromatic heterocycles. The van der Waals surface area contributed by atoms with Gasteiger partial charge in [-0.3, -0.25) is 4.79 Å². The Morgan fingerprint density at radius 3 is 2.57 bits per heavy atom. The van der Waals surface area contributed by atoms with Gasteiger partial charge in [-0.05, 0) is 67.3 Å². The summed E-state index contributed by atoms with van der Waals surface area (Å²) in [5.74, 6) is 0.701. The zero-order chi connectivity index (χ0) is 21.4. The Hall–Kier alpha value is -3.11. The van der Waals surface area contributed by atoms with Crippen LogP contribution in [-0.4, -0.2) is 10.9 Å². The van der Waals surface area contributed by atoms with E-state index in [9.17, 15) is 4.79 Å². The van der Waals surface area contributed by atoms with Crippen LogP contribution in [0.4, 0.5) is 5.69 Å². The number of carbonyl (C=O) groups is 1. The second kappa shape index (κ2) is 7.96. The molecular weight excluding hydrogens is 396 g/mol. The van der Waals surface area contributed by atoms with Crippen LogP contribution in [0.2, 0.25) is 5.02 Å². The molecule has 5 heteroatoms. The first-order chi connectivity index (χ1) is 14.3. The highest BCUT2D eigenvalue weighted by Crippen LogP contribution is 2.31. The summed E-state index contributed by atoms with van der Waals surface area (Å²) >= 11 is 6.35. The van der Waals surface area contributed by atoms with Crippen LogP contribution < -0.4 is 5.32 Å². The summed E-state index contributed by atoms with van der Waals surface area (Å²) < 4.78 is 5.94. The Bertz CT molecular complexity index is 1260. The number of rotatable bonds is 4. The van der Waals surface area contributed by atoms with E-state index in [1.807, 2.05) is 50.2 Å². The average Bonchev–Trinajstić information content (AvgIpc) is 3.12. The Labute approximate surface area is 180 Å². The van der Waals surface area contributed by atoms with E-state index in [1.165, 1.54) is 5.56 Å². The molecule has 0 saturated carbocycles. The molecule has 3 aromatic carbocycles. The minimum absolute atomic E-state index is 0.203. The highest BCUT2D eigenvalue weighted by Gasteiger charge is 2.15. The number of aryl methyl sites for hydroxylation is 2. The number of nitrogens with zero attached hydrogens (tertiary/aromatic N) is 1. The Balaban J connectivity index is 1.66. The number of nitrogens with one attached hydrogen (secondary N) is 1. The van der Waals surface area contributed by atoms with Crippen molar-refractivity contribution >= 4 is 34.3 Å². The first-order valence-electron chi connectivity index (χ1n) is 9.91. The van der Waals surface area contributed by atoms with Crippen LogP contribution in [0.15, 0.2) is 59.0 Å². The second-order valence-electron chi connectivity index (χ2n) is 7.87. The van der Waals surface area contributed by atoms with Gasteiger partial charge in [0, 0.05) is 11.1 Å². The predicted molar refractivity (Wildman–Crippen MR) is 122 cm³/mol. The molecule has 0 atom stereocenters. The van der Waals surface area contributed by atoms with E-state index < -0.39 is 0 Å². The molecule has 1 N–H and O–H groups in total. The molecule has 0 radical (unpaired) electrons. The van der Waals surface area contributed by atoms with Crippen molar-refractivity contribution in [2.45, 2.75) is 33.6 Å². The third-order valence-electron chi connectivity index (χ3n) is 5.17. The van der Waals surface area contributed by atoms with Crippen LogP contribution in [0, 0.1) is 13.8 Å². The van der Waals surface area contributed by atoms with Crippen molar-refractivity contribution < 1.29 is 9.21 Å². The van der Waals surface area contributed by atoms with Gasteiger partial charge in [0.2, 0.25) is 5.89 Å². The Kier molecular flexibility index (Phi) is 5.35. The summed E-state index contributed by atoms with van der Waals surface area (Å²) in [6, 6.07) is 17.1. The molecule has 0 saturated heterocycles. The Morgan fingerprint density at radius 2 is 1.83 bits per heavy atom. The lowest BCUT2D eigenvalue weighted by Gasteiger charge is -2.10. The fraction of sp³-hybridized carbons (Fsp3) is 0.200. The number of hydrogen-bond donors (Lipinski definition) is 1. The molecule has 0 aliphatic rings. The zero-order valence-corrected chi connectivity index (χ0v) is 18.2. The maximum absolute atomic E-state index is 12.8.